The molecular formula is C27H31BrN6O2S. The van der Waals surface area contributed by atoms with Gasteiger partial charge in [-0.15, -0.1) is 0 Å². The summed E-state index contributed by atoms with van der Waals surface area (Å²) >= 11 is 3.38. The van der Waals surface area contributed by atoms with Crippen molar-refractivity contribution in [2.45, 2.75) is 43.9 Å². The maximum absolute atomic E-state index is 13.3. The lowest BCUT2D eigenvalue weighted by molar-refractivity contribution is 0.433. The first-order chi connectivity index (χ1) is 17.9. The Balaban J connectivity index is 1.50. The summed E-state index contributed by atoms with van der Waals surface area (Å²) < 4.78 is 31.0. The van der Waals surface area contributed by atoms with Crippen molar-refractivity contribution in [2.75, 3.05) is 31.1 Å². The SMILES string of the molecule is CCC[C@@H](C)c1nc(N2CCCN(S(=O)(=O)c3ccc(Br)cc3)CC2)c2cnn(-c3ccccc3)c2n1. The molecule has 1 saturated heterocycles. The van der Waals surface area contributed by atoms with Gasteiger partial charge < -0.3 is 4.90 Å². The Morgan fingerprint density at radius 1 is 0.973 bits per heavy atom. The normalized spacial score (nSPS) is 16.1. The predicted molar refractivity (Wildman–Crippen MR) is 150 cm³/mol. The Bertz CT molecular complexity index is 1470. The minimum absolute atomic E-state index is 0.202. The molecule has 2 aromatic heterocycles. The zero-order chi connectivity index (χ0) is 26.0. The van der Waals surface area contributed by atoms with Crippen molar-refractivity contribution in [3.05, 3.63) is 71.1 Å². The molecule has 0 aliphatic carbocycles. The molecule has 0 N–H and O–H groups in total. The molecule has 1 aliphatic heterocycles. The van der Waals surface area contributed by atoms with Crippen LogP contribution in [-0.2, 0) is 10.0 Å². The molecule has 8 nitrogen and oxygen atoms in total. The number of hydrogen-bond donors (Lipinski definition) is 0. The van der Waals surface area contributed by atoms with Gasteiger partial charge in [0.25, 0.3) is 0 Å². The maximum Gasteiger partial charge on any atom is 0.243 e. The quantitative estimate of drug-likeness (QED) is 0.291. The van der Waals surface area contributed by atoms with E-state index in [-0.39, 0.29) is 5.92 Å². The Kier molecular flexibility index (Phi) is 7.60. The Morgan fingerprint density at radius 3 is 2.46 bits per heavy atom. The first kappa shape index (κ1) is 25.8. The first-order valence-electron chi connectivity index (χ1n) is 12.7. The van der Waals surface area contributed by atoms with Crippen molar-refractivity contribution in [2.24, 2.45) is 0 Å². The highest BCUT2D eigenvalue weighted by atomic mass is 79.9. The molecule has 2 aromatic carbocycles. The molecule has 4 aromatic rings. The molecule has 1 aliphatic rings. The summed E-state index contributed by atoms with van der Waals surface area (Å²) in [6.07, 6.45) is 4.56. The van der Waals surface area contributed by atoms with Crippen LogP contribution in [0.5, 0.6) is 0 Å². The van der Waals surface area contributed by atoms with Crippen molar-refractivity contribution in [1.29, 1.82) is 0 Å². The molecule has 0 amide bonds. The lowest BCUT2D eigenvalue weighted by Crippen LogP contribution is -2.35. The molecule has 3 heterocycles. The van der Waals surface area contributed by atoms with Gasteiger partial charge in [0.05, 0.1) is 22.2 Å². The van der Waals surface area contributed by atoms with Crippen LogP contribution >= 0.6 is 15.9 Å². The number of aromatic nitrogens is 4. The first-order valence-corrected chi connectivity index (χ1v) is 14.9. The van der Waals surface area contributed by atoms with Gasteiger partial charge in [0.2, 0.25) is 10.0 Å². The van der Waals surface area contributed by atoms with Crippen molar-refractivity contribution >= 4 is 42.8 Å². The zero-order valence-electron chi connectivity index (χ0n) is 21.1. The van der Waals surface area contributed by atoms with Crippen LogP contribution in [0.15, 0.2) is 70.2 Å². The van der Waals surface area contributed by atoms with Gasteiger partial charge >= 0.3 is 0 Å². The van der Waals surface area contributed by atoms with E-state index >= 15 is 0 Å². The van der Waals surface area contributed by atoms with Gasteiger partial charge in [-0.2, -0.15) is 9.40 Å². The average Bonchev–Trinajstić information content (AvgIpc) is 3.17. The number of rotatable bonds is 7. The molecule has 0 radical (unpaired) electrons. The molecular weight excluding hydrogens is 552 g/mol. The molecule has 1 fully saturated rings. The average molecular weight is 584 g/mol. The topological polar surface area (TPSA) is 84.2 Å². The summed E-state index contributed by atoms with van der Waals surface area (Å²) in [5, 5.41) is 5.54. The van der Waals surface area contributed by atoms with E-state index in [1.807, 2.05) is 41.2 Å². The maximum atomic E-state index is 13.3. The van der Waals surface area contributed by atoms with E-state index in [1.165, 1.54) is 0 Å². The molecule has 0 saturated carbocycles. The van der Waals surface area contributed by atoms with Crippen LogP contribution in [0.4, 0.5) is 5.82 Å². The lowest BCUT2D eigenvalue weighted by Gasteiger charge is -2.24. The lowest BCUT2D eigenvalue weighted by atomic mass is 10.1. The second kappa shape index (κ2) is 10.9. The smallest absolute Gasteiger partial charge is 0.243 e. The van der Waals surface area contributed by atoms with Crippen LogP contribution in [0.2, 0.25) is 0 Å². The number of benzene rings is 2. The van der Waals surface area contributed by atoms with E-state index in [2.05, 4.69) is 39.8 Å². The van der Waals surface area contributed by atoms with Gasteiger partial charge in [-0.1, -0.05) is 54.4 Å². The second-order valence-corrected chi connectivity index (χ2v) is 12.3. The van der Waals surface area contributed by atoms with Crippen LogP contribution in [0.3, 0.4) is 0 Å². The van der Waals surface area contributed by atoms with E-state index in [0.29, 0.717) is 37.5 Å². The third kappa shape index (κ3) is 5.28. The molecule has 194 valence electrons. The number of hydrogen-bond acceptors (Lipinski definition) is 6. The Morgan fingerprint density at radius 2 is 1.73 bits per heavy atom. The Hall–Kier alpha value is -2.82. The zero-order valence-corrected chi connectivity index (χ0v) is 23.5. The second-order valence-electron chi connectivity index (χ2n) is 9.42. The van der Waals surface area contributed by atoms with E-state index in [4.69, 9.17) is 9.97 Å². The van der Waals surface area contributed by atoms with Crippen LogP contribution in [0, 0.1) is 0 Å². The van der Waals surface area contributed by atoms with Gasteiger partial charge in [0.15, 0.2) is 5.65 Å². The summed E-state index contributed by atoms with van der Waals surface area (Å²) in [5.74, 6) is 1.83. The van der Waals surface area contributed by atoms with Gasteiger partial charge in [-0.25, -0.2) is 23.1 Å². The highest BCUT2D eigenvalue weighted by Gasteiger charge is 2.29. The van der Waals surface area contributed by atoms with Crippen molar-refractivity contribution < 1.29 is 8.42 Å². The fourth-order valence-corrected chi connectivity index (χ4v) is 6.53. The number of halogens is 1. The monoisotopic (exact) mass is 582 g/mol. The number of anilines is 1. The van der Waals surface area contributed by atoms with Gasteiger partial charge in [0.1, 0.15) is 11.6 Å². The largest absolute Gasteiger partial charge is 0.355 e. The fourth-order valence-electron chi connectivity index (χ4n) is 4.79. The van der Waals surface area contributed by atoms with E-state index in [1.54, 1.807) is 28.6 Å². The molecule has 1 atom stereocenters. The number of fused-ring (bicyclic) bond motifs is 1. The molecule has 37 heavy (non-hydrogen) atoms. The van der Waals surface area contributed by atoms with Gasteiger partial charge in [-0.05, 0) is 49.2 Å². The molecule has 5 rings (SSSR count). The molecule has 0 bridgehead atoms. The van der Waals surface area contributed by atoms with Crippen LogP contribution in [-0.4, -0.2) is 58.7 Å². The highest BCUT2D eigenvalue weighted by Crippen LogP contribution is 2.30. The van der Waals surface area contributed by atoms with Crippen LogP contribution in [0.25, 0.3) is 16.7 Å². The predicted octanol–water partition coefficient (Wildman–Crippen LogP) is 5.38. The fraction of sp³-hybridized carbons (Fsp3) is 0.370. The molecule has 0 unspecified atom stereocenters. The summed E-state index contributed by atoms with van der Waals surface area (Å²) in [6.45, 7) is 6.42. The summed E-state index contributed by atoms with van der Waals surface area (Å²) in [7, 11) is -3.57. The molecule has 10 heteroatoms. The van der Waals surface area contributed by atoms with Crippen LogP contribution < -0.4 is 4.90 Å². The van der Waals surface area contributed by atoms with Gasteiger partial charge in [0, 0.05) is 36.6 Å². The summed E-state index contributed by atoms with van der Waals surface area (Å²) in [6, 6.07) is 16.8. The van der Waals surface area contributed by atoms with Crippen molar-refractivity contribution in [1.82, 2.24) is 24.1 Å². The van der Waals surface area contributed by atoms with Gasteiger partial charge in [-0.3, -0.25) is 0 Å². The number of nitrogens with zero attached hydrogens (tertiary/aromatic N) is 6. The number of para-hydroxylation sites is 1. The third-order valence-corrected chi connectivity index (χ3v) is 9.24. The van der Waals surface area contributed by atoms with E-state index in [9.17, 15) is 8.42 Å². The minimum Gasteiger partial charge on any atom is -0.355 e. The van der Waals surface area contributed by atoms with Crippen molar-refractivity contribution in [3.63, 3.8) is 0 Å². The van der Waals surface area contributed by atoms with Crippen molar-refractivity contribution in [3.8, 4) is 5.69 Å². The summed E-state index contributed by atoms with van der Waals surface area (Å²) in [5.41, 5.74) is 1.72. The van der Waals surface area contributed by atoms with Crippen LogP contribution in [0.1, 0.15) is 44.9 Å². The summed E-state index contributed by atoms with van der Waals surface area (Å²) in [4.78, 5) is 12.5. The Labute approximate surface area is 226 Å². The molecule has 0 spiro atoms. The number of sulfonamides is 1. The highest BCUT2D eigenvalue weighted by molar-refractivity contribution is 9.10. The standard InChI is InChI=1S/C27H31BrN6O2S/c1-3-8-20(2)25-30-26(24-19-29-34(27(24)31-25)22-9-5-4-6-10-22)32-15-7-16-33(18-17-32)37(35,36)23-13-11-21(28)12-14-23/h4-6,9-14,19-20H,3,7-8,15-18H2,1-2H3/t20-/m1/s1. The van der Waals surface area contributed by atoms with E-state index in [0.717, 1.165) is 45.7 Å². The minimum atomic E-state index is -3.57. The third-order valence-electron chi connectivity index (χ3n) is 6.79. The van der Waals surface area contributed by atoms with E-state index < -0.39 is 10.0 Å².